The summed E-state index contributed by atoms with van der Waals surface area (Å²) < 4.78 is 32.3. The third kappa shape index (κ3) is 4.94. The Bertz CT molecular complexity index is 1140. The van der Waals surface area contributed by atoms with E-state index in [1.54, 1.807) is 23.5 Å². The van der Waals surface area contributed by atoms with Crippen LogP contribution in [-0.4, -0.2) is 44.9 Å². The van der Waals surface area contributed by atoms with Crippen LogP contribution in [0.2, 0.25) is 0 Å². The first kappa shape index (κ1) is 22.7. The number of sulfonamides is 1. The van der Waals surface area contributed by atoms with Crippen LogP contribution in [-0.2, 0) is 21.2 Å². The highest BCUT2D eigenvalue weighted by molar-refractivity contribution is 7.89. The lowest BCUT2D eigenvalue weighted by molar-refractivity contribution is 0.0730. The SMILES string of the molecule is CCc1ccc([C@H](NC(=O)c2ccc(S(=O)(=O)N3CCOCC3)cc2)c2cccs2)cc1. The zero-order valence-electron chi connectivity index (χ0n) is 17.9. The van der Waals surface area contributed by atoms with Crippen LogP contribution < -0.4 is 5.32 Å². The third-order valence-corrected chi connectivity index (χ3v) is 8.40. The lowest BCUT2D eigenvalue weighted by Crippen LogP contribution is -2.40. The second-order valence-corrected chi connectivity index (χ2v) is 10.5. The maximum Gasteiger partial charge on any atom is 0.252 e. The minimum absolute atomic E-state index is 0.181. The van der Waals surface area contributed by atoms with E-state index in [4.69, 9.17) is 4.74 Å². The molecule has 1 aliphatic rings. The molecule has 0 unspecified atom stereocenters. The first-order chi connectivity index (χ1) is 15.5. The molecular weight excluding hydrogens is 444 g/mol. The molecule has 6 nitrogen and oxygen atoms in total. The smallest absolute Gasteiger partial charge is 0.252 e. The Kier molecular flexibility index (Phi) is 7.05. The Labute approximate surface area is 192 Å². The van der Waals surface area contributed by atoms with Crippen molar-refractivity contribution < 1.29 is 17.9 Å². The Balaban J connectivity index is 1.53. The maximum atomic E-state index is 13.0. The summed E-state index contributed by atoms with van der Waals surface area (Å²) in [6.07, 6.45) is 0.954. The highest BCUT2D eigenvalue weighted by atomic mass is 32.2. The zero-order valence-corrected chi connectivity index (χ0v) is 19.5. The summed E-state index contributed by atoms with van der Waals surface area (Å²) >= 11 is 1.58. The van der Waals surface area contributed by atoms with Gasteiger partial charge in [-0.2, -0.15) is 4.31 Å². The zero-order chi connectivity index (χ0) is 22.6. The highest BCUT2D eigenvalue weighted by Gasteiger charge is 2.26. The van der Waals surface area contributed by atoms with E-state index in [1.165, 1.54) is 22.0 Å². The molecule has 1 amide bonds. The highest BCUT2D eigenvalue weighted by Crippen LogP contribution is 2.27. The monoisotopic (exact) mass is 470 g/mol. The number of amides is 1. The van der Waals surface area contributed by atoms with Gasteiger partial charge < -0.3 is 10.1 Å². The molecule has 0 bridgehead atoms. The van der Waals surface area contributed by atoms with Crippen LogP contribution in [0.25, 0.3) is 0 Å². The quantitative estimate of drug-likeness (QED) is 0.569. The Hall–Kier alpha value is -2.52. The molecule has 0 spiro atoms. The van der Waals surface area contributed by atoms with Crippen molar-refractivity contribution in [1.29, 1.82) is 0 Å². The van der Waals surface area contributed by atoms with Crippen molar-refractivity contribution in [3.63, 3.8) is 0 Å². The second-order valence-electron chi connectivity index (χ2n) is 7.56. The number of hydrogen-bond acceptors (Lipinski definition) is 5. The molecule has 0 saturated carbocycles. The van der Waals surface area contributed by atoms with E-state index in [0.29, 0.717) is 31.9 Å². The van der Waals surface area contributed by atoms with Crippen LogP contribution in [0.5, 0.6) is 0 Å². The molecular formula is C24H26N2O4S2. The number of nitrogens with zero attached hydrogens (tertiary/aromatic N) is 1. The number of rotatable bonds is 7. The number of morpholine rings is 1. The van der Waals surface area contributed by atoms with Crippen LogP contribution in [0.15, 0.2) is 70.9 Å². The number of hydrogen-bond donors (Lipinski definition) is 1. The van der Waals surface area contributed by atoms with E-state index in [1.807, 2.05) is 29.6 Å². The number of benzene rings is 2. The van der Waals surface area contributed by atoms with Gasteiger partial charge in [0.15, 0.2) is 0 Å². The molecule has 3 aromatic rings. The summed E-state index contributed by atoms with van der Waals surface area (Å²) in [6, 6.07) is 18.1. The first-order valence-corrected chi connectivity index (χ1v) is 12.9. The molecule has 4 rings (SSSR count). The largest absolute Gasteiger partial charge is 0.379 e. The van der Waals surface area contributed by atoms with Gasteiger partial charge >= 0.3 is 0 Å². The van der Waals surface area contributed by atoms with Crippen molar-refractivity contribution in [3.05, 3.63) is 87.6 Å². The molecule has 0 aliphatic carbocycles. The van der Waals surface area contributed by atoms with Gasteiger partial charge in [-0.15, -0.1) is 11.3 Å². The molecule has 1 N–H and O–H groups in total. The minimum atomic E-state index is -3.59. The van der Waals surface area contributed by atoms with Gasteiger partial charge in [-0.25, -0.2) is 8.42 Å². The van der Waals surface area contributed by atoms with Gasteiger partial charge in [0, 0.05) is 23.5 Å². The molecule has 0 radical (unpaired) electrons. The predicted octanol–water partition coefficient (Wildman–Crippen LogP) is 3.85. The normalized spacial score (nSPS) is 15.9. The van der Waals surface area contributed by atoms with Gasteiger partial charge in [-0.3, -0.25) is 4.79 Å². The van der Waals surface area contributed by atoms with E-state index in [2.05, 4.69) is 24.4 Å². The fourth-order valence-electron chi connectivity index (χ4n) is 3.65. The van der Waals surface area contributed by atoms with Gasteiger partial charge in [0.2, 0.25) is 10.0 Å². The number of carbonyl (C=O) groups excluding carboxylic acids is 1. The number of thiophene rings is 1. The Morgan fingerprint density at radius 2 is 1.75 bits per heavy atom. The van der Waals surface area contributed by atoms with Gasteiger partial charge in [-0.1, -0.05) is 37.3 Å². The van der Waals surface area contributed by atoms with Crippen molar-refractivity contribution in [1.82, 2.24) is 9.62 Å². The van der Waals surface area contributed by atoms with Crippen LogP contribution in [0, 0.1) is 0 Å². The van der Waals surface area contributed by atoms with E-state index in [-0.39, 0.29) is 16.8 Å². The predicted molar refractivity (Wildman–Crippen MR) is 125 cm³/mol. The van der Waals surface area contributed by atoms with E-state index in [0.717, 1.165) is 16.9 Å². The molecule has 168 valence electrons. The number of carbonyl (C=O) groups is 1. The summed E-state index contributed by atoms with van der Waals surface area (Å²) in [5, 5.41) is 5.09. The van der Waals surface area contributed by atoms with Crippen LogP contribution in [0.1, 0.15) is 39.3 Å². The van der Waals surface area contributed by atoms with Gasteiger partial charge in [0.1, 0.15) is 0 Å². The van der Waals surface area contributed by atoms with Crippen LogP contribution in [0.4, 0.5) is 0 Å². The fourth-order valence-corrected chi connectivity index (χ4v) is 5.86. The number of ether oxygens (including phenoxy) is 1. The summed E-state index contributed by atoms with van der Waals surface area (Å²) in [7, 11) is -3.59. The second kappa shape index (κ2) is 9.95. The molecule has 2 heterocycles. The first-order valence-electron chi connectivity index (χ1n) is 10.6. The summed E-state index contributed by atoms with van der Waals surface area (Å²) in [4.78, 5) is 14.2. The summed E-state index contributed by atoms with van der Waals surface area (Å²) in [5.74, 6) is -0.252. The van der Waals surface area contributed by atoms with Crippen molar-refractivity contribution in [2.45, 2.75) is 24.3 Å². The minimum Gasteiger partial charge on any atom is -0.379 e. The molecule has 1 atom stereocenters. The lowest BCUT2D eigenvalue weighted by Gasteiger charge is -2.26. The molecule has 1 aromatic heterocycles. The van der Waals surface area contributed by atoms with Crippen molar-refractivity contribution in [2.75, 3.05) is 26.3 Å². The fraction of sp³-hybridized carbons (Fsp3) is 0.292. The molecule has 1 saturated heterocycles. The average molecular weight is 471 g/mol. The number of aryl methyl sites for hydroxylation is 1. The topological polar surface area (TPSA) is 75.7 Å². The van der Waals surface area contributed by atoms with Crippen molar-refractivity contribution >= 4 is 27.3 Å². The molecule has 2 aromatic carbocycles. The van der Waals surface area contributed by atoms with Gasteiger partial charge in [0.25, 0.3) is 5.91 Å². The maximum absolute atomic E-state index is 13.0. The van der Waals surface area contributed by atoms with Crippen LogP contribution >= 0.6 is 11.3 Å². The van der Waals surface area contributed by atoms with E-state index in [9.17, 15) is 13.2 Å². The molecule has 1 fully saturated rings. The van der Waals surface area contributed by atoms with Crippen molar-refractivity contribution in [2.24, 2.45) is 0 Å². The Morgan fingerprint density at radius 3 is 2.34 bits per heavy atom. The molecule has 1 aliphatic heterocycles. The molecule has 32 heavy (non-hydrogen) atoms. The lowest BCUT2D eigenvalue weighted by atomic mass is 10.0. The van der Waals surface area contributed by atoms with E-state index < -0.39 is 10.0 Å². The summed E-state index contributed by atoms with van der Waals surface area (Å²) in [6.45, 7) is 3.57. The third-order valence-electron chi connectivity index (χ3n) is 5.55. The average Bonchev–Trinajstić information content (AvgIpc) is 3.38. The van der Waals surface area contributed by atoms with Gasteiger partial charge in [0.05, 0.1) is 24.2 Å². The molecule has 8 heteroatoms. The van der Waals surface area contributed by atoms with Crippen molar-refractivity contribution in [3.8, 4) is 0 Å². The van der Waals surface area contributed by atoms with Gasteiger partial charge in [-0.05, 0) is 53.3 Å². The van der Waals surface area contributed by atoms with E-state index >= 15 is 0 Å². The number of nitrogens with one attached hydrogen (secondary N) is 1. The standard InChI is InChI=1S/C24H26N2O4S2/c1-2-18-5-7-19(8-6-18)23(22-4-3-17-31-22)25-24(27)20-9-11-21(12-10-20)32(28,29)26-13-15-30-16-14-26/h3-12,17,23H,2,13-16H2,1H3,(H,25,27)/t23-/m0/s1. The van der Waals surface area contributed by atoms with Crippen LogP contribution in [0.3, 0.4) is 0 Å². The Morgan fingerprint density at radius 1 is 1.06 bits per heavy atom. The summed E-state index contributed by atoms with van der Waals surface area (Å²) in [5.41, 5.74) is 2.66.